The lowest BCUT2D eigenvalue weighted by Gasteiger charge is -2.35. The zero-order valence-corrected chi connectivity index (χ0v) is 20.0. The normalized spacial score (nSPS) is 22.0. The van der Waals surface area contributed by atoms with Crippen molar-refractivity contribution in [2.75, 3.05) is 42.1 Å². The molecule has 0 bridgehead atoms. The average Bonchev–Trinajstić information content (AvgIpc) is 3.23. The zero-order valence-electron chi connectivity index (χ0n) is 19.2. The first-order valence-corrected chi connectivity index (χ1v) is 13.1. The van der Waals surface area contributed by atoms with Gasteiger partial charge in [0.05, 0.1) is 12.8 Å². The van der Waals surface area contributed by atoms with Crippen molar-refractivity contribution in [1.29, 1.82) is 0 Å². The van der Waals surface area contributed by atoms with Gasteiger partial charge >= 0.3 is 6.03 Å². The van der Waals surface area contributed by atoms with Crippen molar-refractivity contribution in [3.05, 3.63) is 36.0 Å². The molecule has 1 N–H and O–H groups in total. The van der Waals surface area contributed by atoms with Gasteiger partial charge in [0.15, 0.2) is 12.0 Å². The molecule has 1 amide bonds. The third-order valence-corrected chi connectivity index (χ3v) is 6.64. The predicted octanol–water partition coefficient (Wildman–Crippen LogP) is 2.96. The highest BCUT2D eigenvalue weighted by atomic mass is 32.2. The van der Waals surface area contributed by atoms with E-state index in [1.54, 1.807) is 6.07 Å². The topological polar surface area (TPSA) is 96.8 Å². The Morgan fingerprint density at radius 3 is 2.56 bits per heavy atom. The number of alkyl halides is 2. The molecule has 34 heavy (non-hydrogen) atoms. The van der Waals surface area contributed by atoms with Crippen LogP contribution >= 0.6 is 0 Å². The first-order chi connectivity index (χ1) is 16.1. The van der Waals surface area contributed by atoms with Crippen LogP contribution in [-0.2, 0) is 10.0 Å². The van der Waals surface area contributed by atoms with Crippen LogP contribution in [0, 0.1) is 6.92 Å². The number of halogens is 2. The molecular weight excluding hydrogens is 468 g/mol. The van der Waals surface area contributed by atoms with Crippen LogP contribution in [0.15, 0.2) is 30.5 Å². The van der Waals surface area contributed by atoms with Crippen LogP contribution in [0.2, 0.25) is 0 Å². The van der Waals surface area contributed by atoms with Gasteiger partial charge in [-0.3, -0.25) is 4.72 Å². The van der Waals surface area contributed by atoms with Crippen LogP contribution in [0.3, 0.4) is 0 Å². The summed E-state index contributed by atoms with van der Waals surface area (Å²) >= 11 is 0. The fraction of sp³-hybridized carbons (Fsp3) is 0.545. The lowest BCUT2D eigenvalue weighted by molar-refractivity contribution is 0.0344. The van der Waals surface area contributed by atoms with E-state index in [1.165, 1.54) is 17.2 Å². The van der Waals surface area contributed by atoms with E-state index in [4.69, 9.17) is 4.74 Å². The Balaban J connectivity index is 1.37. The Hall–Kier alpha value is -2.89. The van der Waals surface area contributed by atoms with E-state index in [0.717, 1.165) is 22.2 Å². The molecule has 2 aliphatic heterocycles. The molecule has 0 aliphatic carbocycles. The van der Waals surface area contributed by atoms with Crippen molar-refractivity contribution in [3.8, 4) is 5.75 Å². The molecule has 12 heteroatoms. The molecule has 9 nitrogen and oxygen atoms in total. The van der Waals surface area contributed by atoms with Crippen LogP contribution in [0.4, 0.5) is 25.1 Å². The predicted molar refractivity (Wildman–Crippen MR) is 125 cm³/mol. The third-order valence-electron chi connectivity index (χ3n) is 6.06. The number of likely N-dealkylation sites (tertiary alicyclic amines) is 1. The number of aryl methyl sites for hydroxylation is 1. The quantitative estimate of drug-likeness (QED) is 0.682. The summed E-state index contributed by atoms with van der Waals surface area (Å²) in [6.45, 7) is 3.34. The molecule has 2 aromatic rings. The van der Waals surface area contributed by atoms with Crippen molar-refractivity contribution >= 4 is 27.6 Å². The van der Waals surface area contributed by atoms with Crippen molar-refractivity contribution in [2.24, 2.45) is 0 Å². The number of nitrogens with one attached hydrogen (secondary N) is 1. The molecule has 1 aromatic heterocycles. The first kappa shape index (κ1) is 24.2. The molecule has 1 aromatic carbocycles. The summed E-state index contributed by atoms with van der Waals surface area (Å²) in [4.78, 5) is 16.1. The van der Waals surface area contributed by atoms with E-state index in [1.807, 2.05) is 19.1 Å². The average molecular weight is 498 g/mol. The third kappa shape index (κ3) is 5.78. The van der Waals surface area contributed by atoms with Gasteiger partial charge in [0.1, 0.15) is 18.0 Å². The molecule has 186 valence electrons. The molecule has 3 heterocycles. The number of nitrogens with zero attached hydrogens (tertiary/aromatic N) is 4. The molecule has 2 fully saturated rings. The summed E-state index contributed by atoms with van der Waals surface area (Å²) in [5, 5.41) is 3.90. The minimum atomic E-state index is -3.52. The Morgan fingerprint density at radius 2 is 1.88 bits per heavy atom. The van der Waals surface area contributed by atoms with Crippen LogP contribution in [-0.4, -0.2) is 80.0 Å². The summed E-state index contributed by atoms with van der Waals surface area (Å²) in [7, 11) is -3.52. The monoisotopic (exact) mass is 497 g/mol. The number of carbonyl (C=O) groups excluding carboxylic acids is 1. The number of sulfonamides is 1. The lowest BCUT2D eigenvalue weighted by Crippen LogP contribution is -2.50. The largest absolute Gasteiger partial charge is 0.487 e. The number of aromatic nitrogens is 2. The van der Waals surface area contributed by atoms with Gasteiger partial charge in [-0.05, 0) is 31.4 Å². The minimum Gasteiger partial charge on any atom is -0.487 e. The van der Waals surface area contributed by atoms with Gasteiger partial charge < -0.3 is 14.5 Å². The number of carbonyl (C=O) groups is 1. The number of benzene rings is 1. The number of rotatable bonds is 5. The number of anilines is 2. The van der Waals surface area contributed by atoms with E-state index in [9.17, 15) is 22.0 Å². The second-order valence-electron chi connectivity index (χ2n) is 8.82. The van der Waals surface area contributed by atoms with Crippen molar-refractivity contribution < 1.29 is 26.7 Å². The van der Waals surface area contributed by atoms with E-state index in [-0.39, 0.29) is 18.9 Å². The molecular formula is C22H29F2N5O4S. The summed E-state index contributed by atoms with van der Waals surface area (Å²) in [5.41, 5.74) is 2.01. The molecule has 0 spiro atoms. The maximum absolute atomic E-state index is 15.0. The summed E-state index contributed by atoms with van der Waals surface area (Å²) in [6.07, 6.45) is 0.696. The van der Waals surface area contributed by atoms with Gasteiger partial charge in [0.25, 0.3) is 0 Å². The summed E-state index contributed by atoms with van der Waals surface area (Å²) in [5.74, 6) is 0.552. The van der Waals surface area contributed by atoms with E-state index in [0.29, 0.717) is 38.1 Å². The van der Waals surface area contributed by atoms with E-state index in [2.05, 4.69) is 14.7 Å². The fourth-order valence-corrected chi connectivity index (χ4v) is 4.77. The van der Waals surface area contributed by atoms with Gasteiger partial charge in [-0.25, -0.2) is 22.0 Å². The molecule has 4 rings (SSSR count). The Morgan fingerprint density at radius 1 is 1.15 bits per heavy atom. The smallest absolute Gasteiger partial charge is 0.344 e. The van der Waals surface area contributed by atoms with E-state index < -0.39 is 34.5 Å². The number of amides is 1. The Kier molecular flexibility index (Phi) is 6.96. The second-order valence-corrected chi connectivity index (χ2v) is 10.6. The highest BCUT2D eigenvalue weighted by Gasteiger charge is 2.34. The number of hydrogen-bond acceptors (Lipinski definition) is 6. The SMILES string of the molecule is Cc1ccc(O[C@H]2CCN(C(=O)n3ccc(NS(C)(=O)=O)n3)C[C@@H]2F)cc1N1CCC(F)CC1. The van der Waals surface area contributed by atoms with Crippen molar-refractivity contribution in [2.45, 2.75) is 44.6 Å². The number of hydrogen-bond donors (Lipinski definition) is 1. The molecule has 0 saturated carbocycles. The molecule has 2 atom stereocenters. The molecule has 0 unspecified atom stereocenters. The second kappa shape index (κ2) is 9.77. The van der Waals surface area contributed by atoms with Gasteiger partial charge in [0.2, 0.25) is 10.0 Å². The number of ether oxygens (including phenoxy) is 1. The maximum atomic E-state index is 15.0. The van der Waals surface area contributed by atoms with Crippen molar-refractivity contribution in [1.82, 2.24) is 14.7 Å². The van der Waals surface area contributed by atoms with Crippen LogP contribution in [0.5, 0.6) is 5.75 Å². The maximum Gasteiger partial charge on any atom is 0.344 e. The van der Waals surface area contributed by atoms with Crippen LogP contribution in [0.25, 0.3) is 0 Å². The minimum absolute atomic E-state index is 0.0109. The first-order valence-electron chi connectivity index (χ1n) is 11.2. The molecule has 2 saturated heterocycles. The van der Waals surface area contributed by atoms with Gasteiger partial charge in [-0.1, -0.05) is 6.07 Å². The lowest BCUT2D eigenvalue weighted by atomic mass is 10.1. The van der Waals surface area contributed by atoms with Gasteiger partial charge in [0, 0.05) is 50.1 Å². The zero-order chi connectivity index (χ0) is 24.5. The standard InChI is InChI=1S/C22H29F2N5O4S/c1-15-3-4-17(13-19(15)27-9-5-16(23)6-10-27)33-20-7-11-28(14-18(20)24)22(30)29-12-8-21(25-29)26-34(2,31)32/h3-4,8,12-13,16,18,20H,5-7,9-11,14H2,1-2H3,(H,25,26)/t18-,20-/m0/s1. The van der Waals surface area contributed by atoms with Crippen LogP contribution < -0.4 is 14.4 Å². The molecule has 2 aliphatic rings. The number of piperidine rings is 2. The summed E-state index contributed by atoms with van der Waals surface area (Å²) < 4.78 is 60.2. The Labute approximate surface area is 197 Å². The Bertz CT molecular complexity index is 1130. The van der Waals surface area contributed by atoms with Crippen molar-refractivity contribution in [3.63, 3.8) is 0 Å². The van der Waals surface area contributed by atoms with Crippen LogP contribution in [0.1, 0.15) is 24.8 Å². The highest BCUT2D eigenvalue weighted by Crippen LogP contribution is 2.30. The van der Waals surface area contributed by atoms with E-state index >= 15 is 0 Å². The fourth-order valence-electron chi connectivity index (χ4n) is 4.28. The van der Waals surface area contributed by atoms with Gasteiger partial charge in [-0.15, -0.1) is 5.10 Å². The summed E-state index contributed by atoms with van der Waals surface area (Å²) in [6, 6.07) is 6.39. The highest BCUT2D eigenvalue weighted by molar-refractivity contribution is 7.92. The molecule has 0 radical (unpaired) electrons. The van der Waals surface area contributed by atoms with Gasteiger partial charge in [-0.2, -0.15) is 4.68 Å².